The number of alkyl carbamates (subject to hydrolysis) is 1. The molecule has 0 atom stereocenters. The van der Waals surface area contributed by atoms with Crippen molar-refractivity contribution < 1.29 is 33.3 Å². The van der Waals surface area contributed by atoms with Crippen LogP contribution in [0.15, 0.2) is 30.3 Å². The van der Waals surface area contributed by atoms with E-state index in [1.165, 1.54) is 0 Å². The molecule has 0 aromatic heterocycles. The third kappa shape index (κ3) is 15.0. The minimum Gasteiger partial charge on any atom is -0.445 e. The molecule has 154 valence electrons. The molecule has 1 aromatic rings. The normalized spacial score (nSPS) is 10.7. The van der Waals surface area contributed by atoms with Crippen molar-refractivity contribution in [2.75, 3.05) is 66.0 Å². The Balaban J connectivity index is 1.77. The lowest BCUT2D eigenvalue weighted by Gasteiger charge is -2.08. The second kappa shape index (κ2) is 17.7. The Morgan fingerprint density at radius 1 is 0.778 bits per heavy atom. The molecule has 1 aromatic carbocycles. The van der Waals surface area contributed by atoms with E-state index in [0.29, 0.717) is 66.0 Å². The molecule has 0 saturated carbocycles. The molecule has 0 radical (unpaired) electrons. The van der Waals surface area contributed by atoms with Gasteiger partial charge in [-0.15, -0.1) is 0 Å². The van der Waals surface area contributed by atoms with Crippen LogP contribution in [0.2, 0.25) is 0 Å². The summed E-state index contributed by atoms with van der Waals surface area (Å²) in [5.74, 6) is 4.86. The third-order valence-electron chi connectivity index (χ3n) is 3.19. The summed E-state index contributed by atoms with van der Waals surface area (Å²) in [5, 5.41) is 2.62. The fourth-order valence-electron chi connectivity index (χ4n) is 1.87. The maximum atomic E-state index is 11.5. The molecule has 9 heteroatoms. The SMILES string of the molecule is NOCCOCCOCCOCCOCCNC(=O)OCc1ccccc1. The van der Waals surface area contributed by atoms with Crippen LogP contribution in [0, 0.1) is 0 Å². The van der Waals surface area contributed by atoms with Gasteiger partial charge in [0, 0.05) is 6.54 Å². The van der Waals surface area contributed by atoms with Crippen LogP contribution in [-0.4, -0.2) is 72.1 Å². The molecule has 0 aliphatic rings. The van der Waals surface area contributed by atoms with Crippen molar-refractivity contribution in [3.63, 3.8) is 0 Å². The number of nitrogens with two attached hydrogens (primary N) is 1. The molecule has 0 saturated heterocycles. The Morgan fingerprint density at radius 2 is 1.30 bits per heavy atom. The van der Waals surface area contributed by atoms with Crippen molar-refractivity contribution in [1.82, 2.24) is 5.32 Å². The molecule has 0 unspecified atom stereocenters. The molecule has 27 heavy (non-hydrogen) atoms. The van der Waals surface area contributed by atoms with Gasteiger partial charge in [-0.3, -0.25) is 0 Å². The molecule has 0 heterocycles. The van der Waals surface area contributed by atoms with Crippen molar-refractivity contribution in [3.05, 3.63) is 35.9 Å². The molecular weight excluding hydrogens is 356 g/mol. The van der Waals surface area contributed by atoms with Crippen molar-refractivity contribution in [1.29, 1.82) is 0 Å². The van der Waals surface area contributed by atoms with E-state index in [-0.39, 0.29) is 6.61 Å². The van der Waals surface area contributed by atoms with Gasteiger partial charge in [0.15, 0.2) is 0 Å². The summed E-state index contributed by atoms with van der Waals surface area (Å²) in [6, 6.07) is 9.50. The Hall–Kier alpha value is -1.75. The third-order valence-corrected chi connectivity index (χ3v) is 3.19. The van der Waals surface area contributed by atoms with Crippen LogP contribution in [-0.2, 0) is 35.1 Å². The molecule has 3 N–H and O–H groups in total. The van der Waals surface area contributed by atoms with Gasteiger partial charge in [0.05, 0.1) is 59.5 Å². The average Bonchev–Trinajstić information content (AvgIpc) is 2.70. The zero-order valence-electron chi connectivity index (χ0n) is 15.6. The number of hydrogen-bond donors (Lipinski definition) is 2. The van der Waals surface area contributed by atoms with Gasteiger partial charge in [-0.25, -0.2) is 10.7 Å². The van der Waals surface area contributed by atoms with Gasteiger partial charge in [-0.2, -0.15) is 0 Å². The molecule has 0 aliphatic carbocycles. The van der Waals surface area contributed by atoms with Crippen molar-refractivity contribution in [2.45, 2.75) is 6.61 Å². The number of nitrogens with one attached hydrogen (secondary N) is 1. The highest BCUT2D eigenvalue weighted by Crippen LogP contribution is 2.00. The van der Waals surface area contributed by atoms with E-state index < -0.39 is 6.09 Å². The lowest BCUT2D eigenvalue weighted by molar-refractivity contribution is -0.0109. The van der Waals surface area contributed by atoms with Crippen LogP contribution in [0.5, 0.6) is 0 Å². The van der Waals surface area contributed by atoms with Crippen LogP contribution in [0.1, 0.15) is 5.56 Å². The monoisotopic (exact) mass is 386 g/mol. The highest BCUT2D eigenvalue weighted by atomic mass is 16.6. The summed E-state index contributed by atoms with van der Waals surface area (Å²) >= 11 is 0. The summed E-state index contributed by atoms with van der Waals surface area (Å²) in [5.41, 5.74) is 0.943. The standard InChI is InChI=1S/C18H30N2O7/c19-27-15-14-25-13-12-24-11-10-23-9-8-22-7-6-20-18(21)26-16-17-4-2-1-3-5-17/h1-5H,6-16,19H2,(H,20,21). The van der Waals surface area contributed by atoms with Crippen molar-refractivity contribution >= 4 is 6.09 Å². The number of rotatable bonds is 17. The molecule has 1 rings (SSSR count). The first-order valence-corrected chi connectivity index (χ1v) is 8.90. The Bertz CT molecular complexity index is 462. The molecule has 0 aliphatic heterocycles. The summed E-state index contributed by atoms with van der Waals surface area (Å²) < 4.78 is 26.3. The maximum Gasteiger partial charge on any atom is 0.407 e. The van der Waals surface area contributed by atoms with Gasteiger partial charge in [-0.05, 0) is 5.56 Å². The lowest BCUT2D eigenvalue weighted by Crippen LogP contribution is -2.28. The Morgan fingerprint density at radius 3 is 1.85 bits per heavy atom. The lowest BCUT2D eigenvalue weighted by atomic mass is 10.2. The number of carbonyl (C=O) groups excluding carboxylic acids is 1. The van der Waals surface area contributed by atoms with Gasteiger partial charge in [0.1, 0.15) is 6.61 Å². The minimum atomic E-state index is -0.463. The molecule has 1 amide bonds. The first-order valence-electron chi connectivity index (χ1n) is 8.90. The number of benzene rings is 1. The van der Waals surface area contributed by atoms with Crippen LogP contribution in [0.25, 0.3) is 0 Å². The predicted molar refractivity (Wildman–Crippen MR) is 98.0 cm³/mol. The highest BCUT2D eigenvalue weighted by molar-refractivity contribution is 5.67. The van der Waals surface area contributed by atoms with E-state index in [2.05, 4.69) is 10.2 Å². The second-order valence-corrected chi connectivity index (χ2v) is 5.31. The molecular formula is C18H30N2O7. The van der Waals surface area contributed by atoms with Crippen LogP contribution < -0.4 is 11.2 Å². The second-order valence-electron chi connectivity index (χ2n) is 5.31. The first-order chi connectivity index (χ1) is 13.3. The zero-order valence-corrected chi connectivity index (χ0v) is 15.6. The number of amides is 1. The topological polar surface area (TPSA) is 111 Å². The first kappa shape index (κ1) is 23.3. The van der Waals surface area contributed by atoms with E-state index in [0.717, 1.165) is 5.56 Å². The van der Waals surface area contributed by atoms with Crippen molar-refractivity contribution in [2.24, 2.45) is 5.90 Å². The number of hydrogen-bond acceptors (Lipinski definition) is 8. The Labute approximate surface area is 159 Å². The average molecular weight is 386 g/mol. The molecule has 0 bridgehead atoms. The van der Waals surface area contributed by atoms with Gasteiger partial charge >= 0.3 is 6.09 Å². The summed E-state index contributed by atoms with van der Waals surface area (Å²) in [6.45, 7) is 4.72. The van der Waals surface area contributed by atoms with E-state index >= 15 is 0 Å². The zero-order chi connectivity index (χ0) is 19.4. The molecule has 9 nitrogen and oxygen atoms in total. The van der Waals surface area contributed by atoms with Gasteiger partial charge in [0.2, 0.25) is 0 Å². The van der Waals surface area contributed by atoms with Gasteiger partial charge in [-0.1, -0.05) is 30.3 Å². The van der Waals surface area contributed by atoms with Gasteiger partial charge in [0.25, 0.3) is 0 Å². The molecule has 0 spiro atoms. The van der Waals surface area contributed by atoms with Crippen LogP contribution in [0.4, 0.5) is 4.79 Å². The van der Waals surface area contributed by atoms with Crippen LogP contribution in [0.3, 0.4) is 0 Å². The van der Waals surface area contributed by atoms with E-state index in [1.807, 2.05) is 30.3 Å². The fourth-order valence-corrected chi connectivity index (χ4v) is 1.87. The molecule has 0 fully saturated rings. The summed E-state index contributed by atoms with van der Waals surface area (Å²) in [4.78, 5) is 15.9. The van der Waals surface area contributed by atoms with E-state index in [1.54, 1.807) is 0 Å². The van der Waals surface area contributed by atoms with Crippen LogP contribution >= 0.6 is 0 Å². The fraction of sp³-hybridized carbons (Fsp3) is 0.611. The highest BCUT2D eigenvalue weighted by Gasteiger charge is 2.01. The van der Waals surface area contributed by atoms with Gasteiger partial charge < -0.3 is 33.8 Å². The Kier molecular flexibility index (Phi) is 15.2. The summed E-state index contributed by atoms with van der Waals surface area (Å²) in [6.07, 6.45) is -0.463. The number of carbonyl (C=O) groups is 1. The van der Waals surface area contributed by atoms with E-state index in [9.17, 15) is 4.79 Å². The smallest absolute Gasteiger partial charge is 0.407 e. The minimum absolute atomic E-state index is 0.248. The van der Waals surface area contributed by atoms with E-state index in [4.69, 9.17) is 29.6 Å². The predicted octanol–water partition coefficient (Wildman–Crippen LogP) is 0.870. The largest absolute Gasteiger partial charge is 0.445 e. The number of ether oxygens (including phenoxy) is 5. The maximum absolute atomic E-state index is 11.5. The summed E-state index contributed by atoms with van der Waals surface area (Å²) in [7, 11) is 0. The quantitative estimate of drug-likeness (QED) is 0.300. The van der Waals surface area contributed by atoms with Crippen molar-refractivity contribution in [3.8, 4) is 0 Å².